The molecule has 1 aliphatic carbocycles. The molecule has 0 unspecified atom stereocenters. The molecular weight excluding hydrogens is 280 g/mol. The highest BCUT2D eigenvalue weighted by atomic mass is 32.2. The Morgan fingerprint density at radius 1 is 1.35 bits per heavy atom. The van der Waals surface area contributed by atoms with Crippen molar-refractivity contribution in [3.8, 4) is 0 Å². The zero-order valence-electron chi connectivity index (χ0n) is 11.7. The summed E-state index contributed by atoms with van der Waals surface area (Å²) in [4.78, 5) is 0. The Hall–Kier alpha value is -0.890. The van der Waals surface area contributed by atoms with Gasteiger partial charge in [-0.3, -0.25) is 0 Å². The summed E-state index contributed by atoms with van der Waals surface area (Å²) in [7, 11) is -1.88. The number of hydrogen-bond donors (Lipinski definition) is 2. The summed E-state index contributed by atoms with van der Waals surface area (Å²) in [6.07, 6.45) is 3.35. The van der Waals surface area contributed by atoms with Crippen LogP contribution in [0.3, 0.4) is 0 Å². The highest BCUT2D eigenvalue weighted by molar-refractivity contribution is 7.89. The molecule has 0 aromatic carbocycles. The summed E-state index contributed by atoms with van der Waals surface area (Å²) >= 11 is 0. The van der Waals surface area contributed by atoms with Crippen LogP contribution in [0.15, 0.2) is 21.6 Å². The summed E-state index contributed by atoms with van der Waals surface area (Å²) < 4.78 is 36.8. The highest BCUT2D eigenvalue weighted by Gasteiger charge is 2.23. The van der Waals surface area contributed by atoms with E-state index >= 15 is 0 Å². The van der Waals surface area contributed by atoms with Crippen molar-refractivity contribution in [1.82, 2.24) is 10.0 Å². The molecule has 1 saturated carbocycles. The third kappa shape index (κ3) is 4.90. The zero-order valence-corrected chi connectivity index (χ0v) is 12.5. The largest absolute Gasteiger partial charge is 0.447 e. The average molecular weight is 302 g/mol. The van der Waals surface area contributed by atoms with Gasteiger partial charge in [0.15, 0.2) is 0 Å². The first-order valence-corrected chi connectivity index (χ1v) is 8.38. The molecule has 0 bridgehead atoms. The van der Waals surface area contributed by atoms with Gasteiger partial charge < -0.3 is 14.5 Å². The van der Waals surface area contributed by atoms with E-state index in [0.717, 1.165) is 6.42 Å². The number of furan rings is 1. The second-order valence-corrected chi connectivity index (χ2v) is 6.72. The Bertz CT molecular complexity index is 508. The van der Waals surface area contributed by atoms with Gasteiger partial charge in [-0.1, -0.05) is 12.8 Å². The van der Waals surface area contributed by atoms with Gasteiger partial charge in [-0.2, -0.15) is 0 Å². The molecule has 1 fully saturated rings. The van der Waals surface area contributed by atoms with Crippen LogP contribution in [0, 0.1) is 5.92 Å². The molecular formula is C13H22N2O4S. The van der Waals surface area contributed by atoms with E-state index in [2.05, 4.69) is 10.0 Å². The van der Waals surface area contributed by atoms with Crippen LogP contribution in [-0.4, -0.2) is 35.2 Å². The predicted octanol–water partition coefficient (Wildman–Crippen LogP) is 1.09. The number of ether oxygens (including phenoxy) is 1. The van der Waals surface area contributed by atoms with Crippen molar-refractivity contribution in [2.75, 3.05) is 26.8 Å². The number of rotatable bonds is 10. The van der Waals surface area contributed by atoms with E-state index in [0.29, 0.717) is 37.9 Å². The van der Waals surface area contributed by atoms with E-state index in [1.54, 1.807) is 13.2 Å². The van der Waals surface area contributed by atoms with Gasteiger partial charge in [0.25, 0.3) is 10.0 Å². The molecule has 0 radical (unpaired) electrons. The van der Waals surface area contributed by atoms with E-state index < -0.39 is 10.0 Å². The molecule has 0 aliphatic heterocycles. The molecule has 2 N–H and O–H groups in total. The zero-order chi connectivity index (χ0) is 14.4. The quantitative estimate of drug-likeness (QED) is 0.633. The van der Waals surface area contributed by atoms with Crippen LogP contribution in [-0.2, 0) is 21.3 Å². The van der Waals surface area contributed by atoms with Gasteiger partial charge >= 0.3 is 0 Å². The van der Waals surface area contributed by atoms with Crippen molar-refractivity contribution in [2.24, 2.45) is 5.92 Å². The first-order chi connectivity index (χ1) is 9.62. The van der Waals surface area contributed by atoms with Crippen molar-refractivity contribution in [3.05, 3.63) is 17.9 Å². The maximum Gasteiger partial charge on any atom is 0.273 e. The number of sulfonamides is 1. The smallest absolute Gasteiger partial charge is 0.273 e. The van der Waals surface area contributed by atoms with Crippen LogP contribution >= 0.6 is 0 Å². The SMILES string of the molecule is COCCNCc1ccc(S(=O)(=O)NCCC2CC2)o1. The van der Waals surface area contributed by atoms with Gasteiger partial charge in [0.2, 0.25) is 5.09 Å². The van der Waals surface area contributed by atoms with E-state index in [1.807, 2.05) is 0 Å². The molecule has 20 heavy (non-hydrogen) atoms. The summed E-state index contributed by atoms with van der Waals surface area (Å²) in [5.41, 5.74) is 0. The Morgan fingerprint density at radius 2 is 2.15 bits per heavy atom. The molecule has 6 nitrogen and oxygen atoms in total. The van der Waals surface area contributed by atoms with Gasteiger partial charge in [0.05, 0.1) is 13.2 Å². The Labute approximate surface area is 119 Å². The summed E-state index contributed by atoms with van der Waals surface area (Å²) in [6.45, 7) is 2.27. The van der Waals surface area contributed by atoms with E-state index in [-0.39, 0.29) is 5.09 Å². The first-order valence-electron chi connectivity index (χ1n) is 6.90. The molecule has 114 valence electrons. The normalized spacial score (nSPS) is 15.7. The van der Waals surface area contributed by atoms with Crippen molar-refractivity contribution in [1.29, 1.82) is 0 Å². The number of methoxy groups -OCH3 is 1. The van der Waals surface area contributed by atoms with Crippen molar-refractivity contribution >= 4 is 10.0 Å². The lowest BCUT2D eigenvalue weighted by Crippen LogP contribution is -2.24. The van der Waals surface area contributed by atoms with Crippen molar-refractivity contribution in [3.63, 3.8) is 0 Å². The average Bonchev–Trinajstić information content (AvgIpc) is 3.10. The van der Waals surface area contributed by atoms with Crippen LogP contribution in [0.4, 0.5) is 0 Å². The fraction of sp³-hybridized carbons (Fsp3) is 0.692. The second kappa shape index (κ2) is 7.21. The van der Waals surface area contributed by atoms with E-state index in [1.165, 1.54) is 18.9 Å². The van der Waals surface area contributed by atoms with Crippen LogP contribution < -0.4 is 10.0 Å². The van der Waals surface area contributed by atoms with E-state index in [4.69, 9.17) is 9.15 Å². The van der Waals surface area contributed by atoms with Gasteiger partial charge in [0, 0.05) is 20.2 Å². The van der Waals surface area contributed by atoms with Gasteiger partial charge in [-0.25, -0.2) is 13.1 Å². The molecule has 0 atom stereocenters. The predicted molar refractivity (Wildman–Crippen MR) is 74.8 cm³/mol. The third-order valence-electron chi connectivity index (χ3n) is 3.23. The molecule has 0 spiro atoms. The molecule has 1 heterocycles. The van der Waals surface area contributed by atoms with Crippen LogP contribution in [0.1, 0.15) is 25.0 Å². The monoisotopic (exact) mass is 302 g/mol. The van der Waals surface area contributed by atoms with Gasteiger partial charge in [-0.05, 0) is 24.5 Å². The van der Waals surface area contributed by atoms with Crippen LogP contribution in [0.25, 0.3) is 0 Å². The maximum absolute atomic E-state index is 12.0. The molecule has 1 aliphatic rings. The summed E-state index contributed by atoms with van der Waals surface area (Å²) in [5.74, 6) is 1.30. The lowest BCUT2D eigenvalue weighted by Gasteiger charge is -2.04. The first kappa shape index (κ1) is 15.5. The minimum atomic E-state index is -3.51. The Morgan fingerprint density at radius 3 is 2.85 bits per heavy atom. The lowest BCUT2D eigenvalue weighted by molar-refractivity contribution is 0.198. The maximum atomic E-state index is 12.0. The Kier molecular flexibility index (Phi) is 5.59. The Balaban J connectivity index is 1.79. The van der Waals surface area contributed by atoms with Crippen LogP contribution in [0.2, 0.25) is 0 Å². The number of nitrogens with one attached hydrogen (secondary N) is 2. The van der Waals surface area contributed by atoms with Gasteiger partial charge in [0.1, 0.15) is 5.76 Å². The van der Waals surface area contributed by atoms with Crippen molar-refractivity contribution < 1.29 is 17.6 Å². The summed E-state index contributed by atoms with van der Waals surface area (Å²) in [5, 5.41) is 3.08. The molecule has 0 amide bonds. The minimum absolute atomic E-state index is 0.0168. The van der Waals surface area contributed by atoms with Crippen molar-refractivity contribution in [2.45, 2.75) is 30.9 Å². The standard InChI is InChI=1S/C13H22N2O4S/c1-18-9-8-14-10-12-4-5-13(19-12)20(16,17)15-7-6-11-2-3-11/h4-5,11,14-15H,2-3,6-10H2,1H3. The minimum Gasteiger partial charge on any atom is -0.447 e. The fourth-order valence-electron chi connectivity index (χ4n) is 1.86. The molecule has 0 saturated heterocycles. The summed E-state index contributed by atoms with van der Waals surface area (Å²) in [6, 6.07) is 3.17. The number of hydrogen-bond acceptors (Lipinski definition) is 5. The molecule has 2 rings (SSSR count). The lowest BCUT2D eigenvalue weighted by atomic mass is 10.3. The second-order valence-electron chi connectivity index (χ2n) is 5.02. The van der Waals surface area contributed by atoms with Gasteiger partial charge in [-0.15, -0.1) is 0 Å². The third-order valence-corrected chi connectivity index (χ3v) is 4.56. The van der Waals surface area contributed by atoms with E-state index in [9.17, 15) is 8.42 Å². The topological polar surface area (TPSA) is 80.6 Å². The molecule has 1 aromatic heterocycles. The van der Waals surface area contributed by atoms with Crippen LogP contribution in [0.5, 0.6) is 0 Å². The molecule has 1 aromatic rings. The fourth-order valence-corrected chi connectivity index (χ4v) is 2.85. The molecule has 7 heteroatoms. The highest BCUT2D eigenvalue weighted by Crippen LogP contribution is 2.31.